The lowest BCUT2D eigenvalue weighted by Gasteiger charge is -2.18. The molecular formula is C15H22BrN3S. The fourth-order valence-electron chi connectivity index (χ4n) is 2.50. The molecule has 0 saturated carbocycles. The maximum absolute atomic E-state index is 4.59. The van der Waals surface area contributed by atoms with Crippen LogP contribution in [0.3, 0.4) is 0 Å². The fourth-order valence-corrected chi connectivity index (χ4v) is 3.95. The molecule has 0 amide bonds. The summed E-state index contributed by atoms with van der Waals surface area (Å²) in [5.74, 6) is 0. The molecule has 0 bridgehead atoms. The van der Waals surface area contributed by atoms with E-state index in [1.54, 1.807) is 0 Å². The Hall–Kier alpha value is -0.650. The molecule has 0 fully saturated rings. The Labute approximate surface area is 133 Å². The summed E-state index contributed by atoms with van der Waals surface area (Å²) in [5.41, 5.74) is 3.72. The van der Waals surface area contributed by atoms with Crippen LogP contribution in [0.15, 0.2) is 15.9 Å². The third kappa shape index (κ3) is 3.15. The number of nitrogens with one attached hydrogen (secondary N) is 1. The Morgan fingerprint density at radius 2 is 2.15 bits per heavy atom. The molecule has 1 atom stereocenters. The minimum atomic E-state index is 0.359. The number of hydrogen-bond acceptors (Lipinski definition) is 3. The lowest BCUT2D eigenvalue weighted by atomic mass is 10.1. The number of aryl methyl sites for hydroxylation is 3. The molecule has 0 radical (unpaired) electrons. The van der Waals surface area contributed by atoms with E-state index in [4.69, 9.17) is 0 Å². The number of aromatic nitrogens is 2. The van der Waals surface area contributed by atoms with Gasteiger partial charge in [-0.1, -0.05) is 6.92 Å². The molecule has 2 aromatic heterocycles. The predicted molar refractivity (Wildman–Crippen MR) is 89.5 cm³/mol. The number of rotatable bonds is 6. The third-order valence-corrected chi connectivity index (χ3v) is 5.68. The normalized spacial score (nSPS) is 12.8. The lowest BCUT2D eigenvalue weighted by Crippen LogP contribution is -2.24. The number of hydrogen-bond donors (Lipinski definition) is 1. The van der Waals surface area contributed by atoms with E-state index < -0.39 is 0 Å². The highest BCUT2D eigenvalue weighted by atomic mass is 79.9. The second kappa shape index (κ2) is 6.87. The van der Waals surface area contributed by atoms with Crippen LogP contribution >= 0.6 is 27.3 Å². The Kier molecular flexibility index (Phi) is 5.41. The molecule has 3 nitrogen and oxygen atoms in total. The molecule has 5 heteroatoms. The van der Waals surface area contributed by atoms with Crippen molar-refractivity contribution in [1.29, 1.82) is 0 Å². The smallest absolute Gasteiger partial charge is 0.0738 e. The SMILES string of the molecule is CCNC(Cc1c(Br)c(C)nn1CC)c1sccc1C. The van der Waals surface area contributed by atoms with Gasteiger partial charge in [-0.15, -0.1) is 11.3 Å². The lowest BCUT2D eigenvalue weighted by molar-refractivity contribution is 0.520. The van der Waals surface area contributed by atoms with Crippen LogP contribution < -0.4 is 5.32 Å². The van der Waals surface area contributed by atoms with Gasteiger partial charge in [0.1, 0.15) is 0 Å². The molecule has 0 aromatic carbocycles. The van der Waals surface area contributed by atoms with Crippen molar-refractivity contribution in [1.82, 2.24) is 15.1 Å². The minimum Gasteiger partial charge on any atom is -0.309 e. The maximum atomic E-state index is 4.59. The molecule has 0 saturated heterocycles. The first-order chi connectivity index (χ1) is 9.58. The van der Waals surface area contributed by atoms with Crippen molar-refractivity contribution >= 4 is 27.3 Å². The van der Waals surface area contributed by atoms with Gasteiger partial charge in [-0.05, 0) is 60.3 Å². The topological polar surface area (TPSA) is 29.9 Å². The van der Waals surface area contributed by atoms with E-state index in [2.05, 4.69) is 70.2 Å². The maximum Gasteiger partial charge on any atom is 0.0738 e. The van der Waals surface area contributed by atoms with Gasteiger partial charge in [0, 0.05) is 23.9 Å². The summed E-state index contributed by atoms with van der Waals surface area (Å²) in [7, 11) is 0. The molecule has 110 valence electrons. The van der Waals surface area contributed by atoms with Gasteiger partial charge in [0.05, 0.1) is 15.9 Å². The second-order valence-corrected chi connectivity index (χ2v) is 6.68. The Morgan fingerprint density at radius 1 is 1.40 bits per heavy atom. The minimum absolute atomic E-state index is 0.359. The predicted octanol–water partition coefficient (Wildman–Crippen LogP) is 4.24. The summed E-state index contributed by atoms with van der Waals surface area (Å²) < 4.78 is 3.25. The Balaban J connectivity index is 2.31. The van der Waals surface area contributed by atoms with E-state index >= 15 is 0 Å². The van der Waals surface area contributed by atoms with Gasteiger partial charge in [-0.25, -0.2) is 0 Å². The van der Waals surface area contributed by atoms with Crippen molar-refractivity contribution in [2.75, 3.05) is 6.54 Å². The zero-order chi connectivity index (χ0) is 14.7. The summed E-state index contributed by atoms with van der Waals surface area (Å²) in [6.07, 6.45) is 0.963. The first-order valence-corrected chi connectivity index (χ1v) is 8.74. The highest BCUT2D eigenvalue weighted by Gasteiger charge is 2.20. The number of halogens is 1. The fraction of sp³-hybridized carbons (Fsp3) is 0.533. The van der Waals surface area contributed by atoms with Crippen LogP contribution in [-0.4, -0.2) is 16.3 Å². The average Bonchev–Trinajstić information content (AvgIpc) is 2.96. The van der Waals surface area contributed by atoms with Gasteiger partial charge in [-0.3, -0.25) is 4.68 Å². The van der Waals surface area contributed by atoms with Gasteiger partial charge in [0.15, 0.2) is 0 Å². The van der Waals surface area contributed by atoms with Gasteiger partial charge >= 0.3 is 0 Å². The quantitative estimate of drug-likeness (QED) is 0.839. The molecule has 0 aliphatic rings. The molecule has 20 heavy (non-hydrogen) atoms. The zero-order valence-corrected chi connectivity index (χ0v) is 14.9. The standard InChI is InChI=1S/C15H22BrN3S/c1-5-17-12(15-10(3)7-8-20-15)9-13-14(16)11(4)18-19(13)6-2/h7-8,12,17H,5-6,9H2,1-4H3. The first-order valence-electron chi connectivity index (χ1n) is 7.07. The molecule has 1 N–H and O–H groups in total. The van der Waals surface area contributed by atoms with E-state index in [0.29, 0.717) is 6.04 Å². The van der Waals surface area contributed by atoms with Gasteiger partial charge < -0.3 is 5.32 Å². The summed E-state index contributed by atoms with van der Waals surface area (Å²) in [6, 6.07) is 2.56. The van der Waals surface area contributed by atoms with E-state index in [1.807, 2.05) is 11.3 Å². The molecule has 2 heterocycles. The van der Waals surface area contributed by atoms with Crippen LogP contribution in [0, 0.1) is 13.8 Å². The van der Waals surface area contributed by atoms with E-state index in [1.165, 1.54) is 16.1 Å². The Morgan fingerprint density at radius 3 is 2.70 bits per heavy atom. The number of nitrogens with zero attached hydrogens (tertiary/aromatic N) is 2. The van der Waals surface area contributed by atoms with Gasteiger partial charge in [-0.2, -0.15) is 5.10 Å². The molecule has 2 rings (SSSR count). The molecule has 0 aliphatic heterocycles. The molecule has 0 aliphatic carbocycles. The second-order valence-electron chi connectivity index (χ2n) is 4.94. The van der Waals surface area contributed by atoms with Crippen LogP contribution in [0.4, 0.5) is 0 Å². The molecule has 2 aromatic rings. The molecular weight excluding hydrogens is 334 g/mol. The molecule has 1 unspecified atom stereocenters. The molecule has 0 spiro atoms. The van der Waals surface area contributed by atoms with Crippen LogP contribution in [0.5, 0.6) is 0 Å². The monoisotopic (exact) mass is 355 g/mol. The average molecular weight is 356 g/mol. The summed E-state index contributed by atoms with van der Waals surface area (Å²) in [6.45, 7) is 10.4. The van der Waals surface area contributed by atoms with E-state index in [0.717, 1.165) is 29.7 Å². The van der Waals surface area contributed by atoms with Crippen molar-refractivity contribution in [3.63, 3.8) is 0 Å². The number of thiophene rings is 1. The highest BCUT2D eigenvalue weighted by molar-refractivity contribution is 9.10. The summed E-state index contributed by atoms with van der Waals surface area (Å²) >= 11 is 5.53. The van der Waals surface area contributed by atoms with Gasteiger partial charge in [0.2, 0.25) is 0 Å². The van der Waals surface area contributed by atoms with Crippen molar-refractivity contribution in [2.45, 2.75) is 46.7 Å². The van der Waals surface area contributed by atoms with Crippen LogP contribution in [0.1, 0.15) is 41.7 Å². The van der Waals surface area contributed by atoms with Crippen LogP contribution in [0.25, 0.3) is 0 Å². The van der Waals surface area contributed by atoms with Crippen LogP contribution in [0.2, 0.25) is 0 Å². The zero-order valence-electron chi connectivity index (χ0n) is 12.5. The highest BCUT2D eigenvalue weighted by Crippen LogP contribution is 2.30. The van der Waals surface area contributed by atoms with Gasteiger partial charge in [0.25, 0.3) is 0 Å². The number of likely N-dealkylation sites (N-methyl/N-ethyl adjacent to an activating group) is 1. The summed E-state index contributed by atoms with van der Waals surface area (Å²) in [4.78, 5) is 1.43. The first kappa shape index (κ1) is 15.7. The van der Waals surface area contributed by atoms with Crippen molar-refractivity contribution in [3.8, 4) is 0 Å². The van der Waals surface area contributed by atoms with E-state index in [-0.39, 0.29) is 0 Å². The summed E-state index contributed by atoms with van der Waals surface area (Å²) in [5, 5.41) is 10.4. The van der Waals surface area contributed by atoms with Crippen molar-refractivity contribution in [3.05, 3.63) is 37.7 Å². The van der Waals surface area contributed by atoms with Crippen molar-refractivity contribution in [2.24, 2.45) is 0 Å². The third-order valence-electron chi connectivity index (χ3n) is 3.52. The van der Waals surface area contributed by atoms with Crippen LogP contribution in [-0.2, 0) is 13.0 Å². The van der Waals surface area contributed by atoms with Crippen molar-refractivity contribution < 1.29 is 0 Å². The largest absolute Gasteiger partial charge is 0.309 e. The Bertz CT molecular complexity index is 574. The van der Waals surface area contributed by atoms with E-state index in [9.17, 15) is 0 Å².